The van der Waals surface area contributed by atoms with Crippen LogP contribution in [0, 0.1) is 0 Å². The number of sulfone groups is 1. The molecule has 0 radical (unpaired) electrons. The third-order valence-corrected chi connectivity index (χ3v) is 8.32. The first-order valence-corrected chi connectivity index (χ1v) is 14.7. The third kappa shape index (κ3) is 7.06. The van der Waals surface area contributed by atoms with E-state index in [0.717, 1.165) is 11.8 Å². The molecule has 0 aliphatic rings. The van der Waals surface area contributed by atoms with Crippen LogP contribution in [0.2, 0.25) is 5.02 Å². The summed E-state index contributed by atoms with van der Waals surface area (Å²) in [6.07, 6.45) is 2.96. The van der Waals surface area contributed by atoms with Crippen LogP contribution in [-0.4, -0.2) is 52.0 Å². The number of nitrogens with zero attached hydrogens (tertiary/aromatic N) is 2. The second-order valence-electron chi connectivity index (χ2n) is 8.18. The molecular formula is C23H28ClN5O5S2. The fourth-order valence-electron chi connectivity index (χ4n) is 3.22. The van der Waals surface area contributed by atoms with Crippen LogP contribution in [0.3, 0.4) is 0 Å². The Morgan fingerprint density at radius 2 is 1.75 bits per heavy atom. The number of benzene rings is 2. The molecule has 2 aromatic carbocycles. The van der Waals surface area contributed by atoms with Crippen molar-refractivity contribution in [1.82, 2.24) is 14.7 Å². The van der Waals surface area contributed by atoms with Crippen molar-refractivity contribution in [1.29, 1.82) is 0 Å². The minimum atomic E-state index is -3.55. The quantitative estimate of drug-likeness (QED) is 0.322. The maximum atomic E-state index is 12.8. The van der Waals surface area contributed by atoms with Gasteiger partial charge in [0.05, 0.1) is 41.1 Å². The van der Waals surface area contributed by atoms with Crippen molar-refractivity contribution in [3.05, 3.63) is 59.2 Å². The van der Waals surface area contributed by atoms with Crippen LogP contribution < -0.4 is 20.1 Å². The van der Waals surface area contributed by atoms with E-state index < -0.39 is 25.1 Å². The Balaban J connectivity index is 1.88. The van der Waals surface area contributed by atoms with E-state index in [1.807, 2.05) is 6.07 Å². The molecule has 0 bridgehead atoms. The highest BCUT2D eigenvalue weighted by molar-refractivity contribution is 7.92. The zero-order valence-corrected chi connectivity index (χ0v) is 22.6. The minimum absolute atomic E-state index is 0.140. The molecule has 36 heavy (non-hydrogen) atoms. The van der Waals surface area contributed by atoms with Gasteiger partial charge in [0.15, 0.2) is 15.7 Å². The van der Waals surface area contributed by atoms with Crippen LogP contribution in [-0.2, 0) is 26.3 Å². The number of sulfonamides is 1. The van der Waals surface area contributed by atoms with Gasteiger partial charge in [-0.2, -0.15) is 4.98 Å². The van der Waals surface area contributed by atoms with Crippen LogP contribution in [0.25, 0.3) is 0 Å². The molecule has 0 aliphatic heterocycles. The molecule has 0 unspecified atom stereocenters. The molecule has 3 aromatic rings. The number of halogens is 1. The van der Waals surface area contributed by atoms with Gasteiger partial charge in [0, 0.05) is 6.54 Å². The van der Waals surface area contributed by atoms with Crippen molar-refractivity contribution >= 4 is 54.6 Å². The Morgan fingerprint density at radius 3 is 2.42 bits per heavy atom. The summed E-state index contributed by atoms with van der Waals surface area (Å²) in [5, 5.41) is 5.69. The summed E-state index contributed by atoms with van der Waals surface area (Å²) in [5.41, 5.74) is 1.76. The molecule has 3 rings (SSSR count). The SMILES string of the molecule is COc1ccc(CCNS(C)(=O)=O)cc1Nc1ncc(Cl)c(Nc2ccccc2S(=O)(=O)C(C)C)n1. The van der Waals surface area contributed by atoms with E-state index in [1.165, 1.54) is 19.4 Å². The van der Waals surface area contributed by atoms with Gasteiger partial charge >= 0.3 is 0 Å². The molecule has 0 saturated heterocycles. The predicted octanol–water partition coefficient (Wildman–Crippen LogP) is 3.90. The first-order valence-electron chi connectivity index (χ1n) is 10.9. The molecule has 1 aromatic heterocycles. The number of ether oxygens (including phenoxy) is 1. The maximum absolute atomic E-state index is 12.8. The van der Waals surface area contributed by atoms with E-state index in [1.54, 1.807) is 44.2 Å². The fraction of sp³-hybridized carbons (Fsp3) is 0.304. The second kappa shape index (κ2) is 11.4. The lowest BCUT2D eigenvalue weighted by Crippen LogP contribution is -2.24. The van der Waals surface area contributed by atoms with Crippen molar-refractivity contribution in [3.63, 3.8) is 0 Å². The molecule has 10 nitrogen and oxygen atoms in total. The van der Waals surface area contributed by atoms with Gasteiger partial charge in [-0.25, -0.2) is 26.5 Å². The fourth-order valence-corrected chi connectivity index (χ4v) is 5.04. The molecule has 13 heteroatoms. The Bertz CT molecular complexity index is 1450. The van der Waals surface area contributed by atoms with Gasteiger partial charge in [0.2, 0.25) is 16.0 Å². The number of anilines is 4. The van der Waals surface area contributed by atoms with Gasteiger partial charge in [-0.15, -0.1) is 0 Å². The van der Waals surface area contributed by atoms with E-state index in [0.29, 0.717) is 23.5 Å². The first-order chi connectivity index (χ1) is 16.9. The van der Waals surface area contributed by atoms with Crippen molar-refractivity contribution < 1.29 is 21.6 Å². The lowest BCUT2D eigenvalue weighted by atomic mass is 10.1. The van der Waals surface area contributed by atoms with Gasteiger partial charge in [-0.3, -0.25) is 0 Å². The predicted molar refractivity (Wildman–Crippen MR) is 142 cm³/mol. The van der Waals surface area contributed by atoms with Crippen molar-refractivity contribution in [2.45, 2.75) is 30.4 Å². The smallest absolute Gasteiger partial charge is 0.229 e. The van der Waals surface area contributed by atoms with Gasteiger partial charge in [-0.05, 0) is 50.1 Å². The lowest BCUT2D eigenvalue weighted by molar-refractivity contribution is 0.416. The van der Waals surface area contributed by atoms with Crippen LogP contribution >= 0.6 is 11.6 Å². The van der Waals surface area contributed by atoms with Crippen molar-refractivity contribution in [2.24, 2.45) is 0 Å². The van der Waals surface area contributed by atoms with Crippen LogP contribution in [0.1, 0.15) is 19.4 Å². The van der Waals surface area contributed by atoms with Gasteiger partial charge < -0.3 is 15.4 Å². The molecular weight excluding hydrogens is 526 g/mol. The van der Waals surface area contributed by atoms with Crippen LogP contribution in [0.15, 0.2) is 53.6 Å². The molecule has 1 heterocycles. The van der Waals surface area contributed by atoms with E-state index in [4.69, 9.17) is 16.3 Å². The summed E-state index contributed by atoms with van der Waals surface area (Å²) in [5.74, 6) is 0.931. The van der Waals surface area contributed by atoms with E-state index in [2.05, 4.69) is 25.3 Å². The standard InChI is InChI=1S/C23H28ClN5O5S2/c1-15(2)36(32,33)21-8-6-5-7-18(21)27-22-17(24)14-25-23(29-22)28-19-13-16(9-10-20(19)34-3)11-12-26-35(4,30)31/h5-10,13-15,26H,11-12H2,1-4H3,(H2,25,27,28,29). The molecule has 0 amide bonds. The third-order valence-electron chi connectivity index (χ3n) is 5.10. The Hall–Kier alpha value is -2.93. The maximum Gasteiger partial charge on any atom is 0.229 e. The molecule has 0 aliphatic carbocycles. The summed E-state index contributed by atoms with van der Waals surface area (Å²) in [4.78, 5) is 8.78. The van der Waals surface area contributed by atoms with Crippen molar-refractivity contribution in [2.75, 3.05) is 30.5 Å². The molecule has 3 N–H and O–H groups in total. The number of para-hydroxylation sites is 1. The van der Waals surface area contributed by atoms with Crippen LogP contribution in [0.4, 0.5) is 23.1 Å². The second-order valence-corrected chi connectivity index (χ2v) is 12.9. The average molecular weight is 554 g/mol. The van der Waals surface area contributed by atoms with Gasteiger partial charge in [-0.1, -0.05) is 29.8 Å². The summed E-state index contributed by atoms with van der Waals surface area (Å²) < 4.78 is 56.1. The zero-order valence-electron chi connectivity index (χ0n) is 20.2. The van der Waals surface area contributed by atoms with Crippen molar-refractivity contribution in [3.8, 4) is 5.75 Å². The Labute approximate surface area is 216 Å². The van der Waals surface area contributed by atoms with E-state index >= 15 is 0 Å². The highest BCUT2D eigenvalue weighted by Crippen LogP contribution is 2.32. The molecule has 0 spiro atoms. The highest BCUT2D eigenvalue weighted by atomic mass is 35.5. The van der Waals surface area contributed by atoms with Gasteiger partial charge in [0.25, 0.3) is 0 Å². The summed E-state index contributed by atoms with van der Waals surface area (Å²) in [6, 6.07) is 11.9. The summed E-state index contributed by atoms with van der Waals surface area (Å²) in [7, 11) is -5.32. The largest absolute Gasteiger partial charge is 0.495 e. The number of methoxy groups -OCH3 is 1. The number of hydrogen-bond donors (Lipinski definition) is 3. The number of rotatable bonds is 11. The first kappa shape index (κ1) is 27.7. The summed E-state index contributed by atoms with van der Waals surface area (Å²) >= 11 is 6.31. The lowest BCUT2D eigenvalue weighted by Gasteiger charge is -2.16. The van der Waals surface area contributed by atoms with Crippen LogP contribution in [0.5, 0.6) is 5.75 Å². The topological polar surface area (TPSA) is 139 Å². The number of nitrogens with one attached hydrogen (secondary N) is 3. The normalized spacial score (nSPS) is 11.9. The summed E-state index contributed by atoms with van der Waals surface area (Å²) in [6.45, 7) is 3.48. The Kier molecular flexibility index (Phi) is 8.77. The number of hydrogen-bond acceptors (Lipinski definition) is 9. The minimum Gasteiger partial charge on any atom is -0.495 e. The molecule has 194 valence electrons. The highest BCUT2D eigenvalue weighted by Gasteiger charge is 2.23. The molecule has 0 atom stereocenters. The molecule has 0 saturated carbocycles. The Morgan fingerprint density at radius 1 is 1.03 bits per heavy atom. The molecule has 0 fully saturated rings. The number of aromatic nitrogens is 2. The monoisotopic (exact) mass is 553 g/mol. The van der Waals surface area contributed by atoms with Gasteiger partial charge in [0.1, 0.15) is 10.8 Å². The van der Waals surface area contributed by atoms with E-state index in [9.17, 15) is 16.8 Å². The zero-order chi connectivity index (χ0) is 26.5. The average Bonchev–Trinajstić information content (AvgIpc) is 2.81. The van der Waals surface area contributed by atoms with E-state index in [-0.39, 0.29) is 28.2 Å².